The summed E-state index contributed by atoms with van der Waals surface area (Å²) in [5.41, 5.74) is 5.72. The van der Waals surface area contributed by atoms with E-state index in [-0.39, 0.29) is 11.7 Å². The van der Waals surface area contributed by atoms with Crippen LogP contribution in [0.2, 0.25) is 0 Å². The second kappa shape index (κ2) is 10.8. The van der Waals surface area contributed by atoms with Gasteiger partial charge in [0.1, 0.15) is 0 Å². The van der Waals surface area contributed by atoms with E-state index < -0.39 is 6.29 Å². The van der Waals surface area contributed by atoms with Crippen molar-refractivity contribution in [3.63, 3.8) is 0 Å². The Labute approximate surface area is 204 Å². The fourth-order valence-corrected chi connectivity index (χ4v) is 4.54. The van der Waals surface area contributed by atoms with Gasteiger partial charge < -0.3 is 9.47 Å². The predicted molar refractivity (Wildman–Crippen MR) is 134 cm³/mol. The molecule has 0 atom stereocenters. The summed E-state index contributed by atoms with van der Waals surface area (Å²) < 4.78 is 14.8. The highest BCUT2D eigenvalue weighted by Crippen LogP contribution is 2.30. The van der Waals surface area contributed by atoms with E-state index in [2.05, 4.69) is 51.8 Å². The Balaban J connectivity index is 1.72. The first-order valence-electron chi connectivity index (χ1n) is 11.8. The van der Waals surface area contributed by atoms with Gasteiger partial charge in [-0.2, -0.15) is 0 Å². The number of nitrogens with one attached hydrogen (secondary N) is 1. The van der Waals surface area contributed by atoms with Crippen LogP contribution in [0.15, 0.2) is 53.3 Å². The number of hydrogen-bond acceptors (Lipinski definition) is 6. The molecule has 35 heavy (non-hydrogen) atoms. The standard InChI is InChI=1S/C26H32N6O3/c1-6-9-22-23(25(34-4)35-5)32(17(2)3)26(33)31(22)16-18-12-14-19(15-13-18)20-10-7-8-11-21(20)24-27-29-30-28-24/h7-8,10-15,17,25H,6,9,16H2,1-5H3,(H,27,28,29,30). The van der Waals surface area contributed by atoms with Gasteiger partial charge in [0, 0.05) is 31.5 Å². The molecule has 9 heteroatoms. The van der Waals surface area contributed by atoms with Gasteiger partial charge in [0.2, 0.25) is 0 Å². The average Bonchev–Trinajstić information content (AvgIpc) is 3.49. The Morgan fingerprint density at radius 2 is 1.69 bits per heavy atom. The number of nitrogens with zero attached hydrogens (tertiary/aromatic N) is 5. The normalized spacial score (nSPS) is 11.6. The summed E-state index contributed by atoms with van der Waals surface area (Å²) in [7, 11) is 3.20. The molecule has 0 fully saturated rings. The lowest BCUT2D eigenvalue weighted by atomic mass is 9.98. The lowest BCUT2D eigenvalue weighted by molar-refractivity contribution is -0.111. The Morgan fingerprint density at radius 1 is 1.00 bits per heavy atom. The molecule has 2 aromatic heterocycles. The number of benzene rings is 2. The van der Waals surface area contributed by atoms with Crippen molar-refractivity contribution in [2.45, 2.75) is 52.5 Å². The Hall–Kier alpha value is -3.56. The van der Waals surface area contributed by atoms with E-state index in [9.17, 15) is 4.79 Å². The molecule has 2 aromatic carbocycles. The van der Waals surface area contributed by atoms with Crippen LogP contribution >= 0.6 is 0 Å². The van der Waals surface area contributed by atoms with E-state index in [0.29, 0.717) is 12.4 Å². The van der Waals surface area contributed by atoms with E-state index in [1.807, 2.05) is 42.7 Å². The number of imidazole rings is 1. The molecule has 9 nitrogen and oxygen atoms in total. The zero-order chi connectivity index (χ0) is 24.9. The number of H-pyrrole nitrogens is 1. The Kier molecular flexibility index (Phi) is 7.57. The van der Waals surface area contributed by atoms with Crippen LogP contribution < -0.4 is 5.69 Å². The zero-order valence-corrected chi connectivity index (χ0v) is 20.9. The van der Waals surface area contributed by atoms with E-state index in [1.165, 1.54) is 0 Å². The molecule has 0 aliphatic carbocycles. The van der Waals surface area contributed by atoms with Gasteiger partial charge in [-0.05, 0) is 47.4 Å². The summed E-state index contributed by atoms with van der Waals surface area (Å²) in [4.78, 5) is 13.5. The Bertz CT molecular complexity index is 1300. The second-order valence-corrected chi connectivity index (χ2v) is 8.71. The number of rotatable bonds is 10. The number of ether oxygens (including phenoxy) is 2. The van der Waals surface area contributed by atoms with Gasteiger partial charge in [-0.25, -0.2) is 9.89 Å². The number of tetrazole rings is 1. The molecule has 0 bridgehead atoms. The highest BCUT2D eigenvalue weighted by molar-refractivity contribution is 5.80. The molecule has 0 aliphatic heterocycles. The summed E-state index contributed by atoms with van der Waals surface area (Å²) in [6.07, 6.45) is 1.06. The SMILES string of the molecule is CCCc1c(C(OC)OC)n(C(C)C)c(=O)n1Cc1ccc(-c2ccccc2-c2nnn[nH]2)cc1. The van der Waals surface area contributed by atoms with Crippen molar-refractivity contribution in [2.75, 3.05) is 14.2 Å². The van der Waals surface area contributed by atoms with Gasteiger partial charge >= 0.3 is 5.69 Å². The maximum atomic E-state index is 13.5. The highest BCUT2D eigenvalue weighted by atomic mass is 16.7. The molecule has 0 radical (unpaired) electrons. The third kappa shape index (κ3) is 4.82. The molecule has 0 amide bonds. The molecule has 184 valence electrons. The fraction of sp³-hybridized carbons (Fsp3) is 0.385. The Morgan fingerprint density at radius 3 is 2.26 bits per heavy atom. The molecule has 0 aliphatic rings. The molecule has 1 N–H and O–H groups in total. The molecule has 4 aromatic rings. The van der Waals surface area contributed by atoms with Crippen LogP contribution in [0.3, 0.4) is 0 Å². The summed E-state index contributed by atoms with van der Waals surface area (Å²) in [6, 6.07) is 16.2. The first-order valence-corrected chi connectivity index (χ1v) is 11.8. The monoisotopic (exact) mass is 476 g/mol. The van der Waals surface area contributed by atoms with E-state index in [0.717, 1.165) is 46.5 Å². The maximum Gasteiger partial charge on any atom is 0.329 e. The summed E-state index contributed by atoms with van der Waals surface area (Å²) in [5.74, 6) is 0.619. The van der Waals surface area contributed by atoms with Crippen molar-refractivity contribution in [1.29, 1.82) is 0 Å². The van der Waals surface area contributed by atoms with Crippen LogP contribution in [-0.2, 0) is 22.4 Å². The zero-order valence-electron chi connectivity index (χ0n) is 20.9. The number of hydrogen-bond donors (Lipinski definition) is 1. The van der Waals surface area contributed by atoms with Gasteiger partial charge in [0.05, 0.1) is 12.2 Å². The van der Waals surface area contributed by atoms with Crippen molar-refractivity contribution in [3.8, 4) is 22.5 Å². The first kappa shape index (κ1) is 24.6. The summed E-state index contributed by atoms with van der Waals surface area (Å²) >= 11 is 0. The topological polar surface area (TPSA) is 99.8 Å². The van der Waals surface area contributed by atoms with Crippen molar-refractivity contribution in [1.82, 2.24) is 29.8 Å². The van der Waals surface area contributed by atoms with E-state index in [4.69, 9.17) is 9.47 Å². The number of aromatic amines is 1. The van der Waals surface area contributed by atoms with Crippen molar-refractivity contribution < 1.29 is 9.47 Å². The van der Waals surface area contributed by atoms with Crippen LogP contribution in [-0.4, -0.2) is 44.0 Å². The van der Waals surface area contributed by atoms with Gasteiger partial charge in [0.25, 0.3) is 0 Å². The molecule has 0 saturated heterocycles. The summed E-state index contributed by atoms with van der Waals surface area (Å²) in [6.45, 7) is 6.58. The smallest absolute Gasteiger partial charge is 0.329 e. The molecule has 2 heterocycles. The third-order valence-corrected chi connectivity index (χ3v) is 6.11. The van der Waals surface area contributed by atoms with Gasteiger partial charge in [-0.15, -0.1) is 5.10 Å². The molecule has 4 rings (SSSR count). The first-order chi connectivity index (χ1) is 17.0. The largest absolute Gasteiger partial charge is 0.350 e. The quantitative estimate of drug-likeness (QED) is 0.341. The van der Waals surface area contributed by atoms with Crippen LogP contribution in [0, 0.1) is 0 Å². The van der Waals surface area contributed by atoms with E-state index in [1.54, 1.807) is 18.8 Å². The lowest BCUT2D eigenvalue weighted by Crippen LogP contribution is -2.28. The van der Waals surface area contributed by atoms with Crippen molar-refractivity contribution in [3.05, 3.63) is 76.0 Å². The number of methoxy groups -OCH3 is 2. The number of aromatic nitrogens is 6. The van der Waals surface area contributed by atoms with Crippen LogP contribution in [0.4, 0.5) is 0 Å². The minimum absolute atomic E-state index is 0.0217. The van der Waals surface area contributed by atoms with Gasteiger partial charge in [0.15, 0.2) is 12.1 Å². The van der Waals surface area contributed by atoms with Crippen LogP contribution in [0.25, 0.3) is 22.5 Å². The third-order valence-electron chi connectivity index (χ3n) is 6.11. The lowest BCUT2D eigenvalue weighted by Gasteiger charge is -2.19. The van der Waals surface area contributed by atoms with Crippen LogP contribution in [0.1, 0.15) is 56.5 Å². The molecule has 0 saturated carbocycles. The minimum Gasteiger partial charge on any atom is -0.350 e. The van der Waals surface area contributed by atoms with Crippen molar-refractivity contribution in [2.24, 2.45) is 0 Å². The van der Waals surface area contributed by atoms with Crippen LogP contribution in [0.5, 0.6) is 0 Å². The van der Waals surface area contributed by atoms with E-state index >= 15 is 0 Å². The minimum atomic E-state index is -0.600. The maximum absolute atomic E-state index is 13.5. The predicted octanol–water partition coefficient (Wildman–Crippen LogP) is 4.37. The molecule has 0 unspecified atom stereocenters. The van der Waals surface area contributed by atoms with Gasteiger partial charge in [-0.3, -0.25) is 9.13 Å². The van der Waals surface area contributed by atoms with Crippen molar-refractivity contribution >= 4 is 0 Å². The highest BCUT2D eigenvalue weighted by Gasteiger charge is 2.27. The molecular weight excluding hydrogens is 444 g/mol. The van der Waals surface area contributed by atoms with Gasteiger partial charge in [-0.1, -0.05) is 61.9 Å². The molecular formula is C26H32N6O3. The molecule has 0 spiro atoms. The average molecular weight is 477 g/mol. The fourth-order valence-electron chi connectivity index (χ4n) is 4.54. The second-order valence-electron chi connectivity index (χ2n) is 8.71. The summed E-state index contributed by atoms with van der Waals surface area (Å²) in [5, 5.41) is 14.3.